The number of hydrogen-bond donors (Lipinski definition) is 0. The number of nitrogens with zero attached hydrogens (tertiary/aromatic N) is 3. The molecule has 1 amide bonds. The maximum atomic E-state index is 12.4. The predicted molar refractivity (Wildman–Crippen MR) is 104 cm³/mol. The number of thioether (sulfide) groups is 1. The molecule has 0 bridgehead atoms. The molecule has 8 nitrogen and oxygen atoms in total. The zero-order valence-corrected chi connectivity index (χ0v) is 15.9. The number of Topliss-reactive ketones (excluding diaryl/α,β-unsaturated/α-hetero) is 1. The lowest BCUT2D eigenvalue weighted by Crippen LogP contribution is -2.38. The molecule has 2 aliphatic rings. The summed E-state index contributed by atoms with van der Waals surface area (Å²) in [4.78, 5) is 41.0. The normalized spacial score (nSPS) is 18.9. The third-order valence-electron chi connectivity index (χ3n) is 4.62. The number of amides is 1. The zero-order valence-electron chi connectivity index (χ0n) is 15.0. The number of nitro benzene ring substituents is 1. The van der Waals surface area contributed by atoms with E-state index in [9.17, 15) is 19.7 Å². The molecule has 1 saturated heterocycles. The maximum Gasteiger partial charge on any atom is 0.269 e. The number of ketones is 1. The summed E-state index contributed by atoms with van der Waals surface area (Å²) in [6, 6.07) is 8.76. The van der Waals surface area contributed by atoms with E-state index in [2.05, 4.69) is 4.99 Å². The third-order valence-corrected chi connectivity index (χ3v) is 5.56. The number of furan rings is 1. The summed E-state index contributed by atoms with van der Waals surface area (Å²) in [5.74, 6) is 0.899. The Balaban J connectivity index is 1.75. The van der Waals surface area contributed by atoms with E-state index in [0.717, 1.165) is 0 Å². The maximum absolute atomic E-state index is 12.4. The summed E-state index contributed by atoms with van der Waals surface area (Å²) in [6.45, 7) is 3.19. The Bertz CT molecular complexity index is 1070. The second kappa shape index (κ2) is 6.75. The topological polar surface area (TPSA) is 106 Å². The molecule has 0 N–H and O–H groups in total. The molecular formula is C19H15N3O5S. The van der Waals surface area contributed by atoms with E-state index in [1.54, 1.807) is 31.2 Å². The number of allylic oxidation sites excluding steroid dienone is 1. The molecule has 0 spiro atoms. The largest absolute Gasteiger partial charge is 0.458 e. The molecule has 2 aliphatic heterocycles. The summed E-state index contributed by atoms with van der Waals surface area (Å²) in [5.41, 5.74) is 1.64. The number of benzene rings is 1. The average molecular weight is 397 g/mol. The molecule has 0 aliphatic carbocycles. The molecule has 28 heavy (non-hydrogen) atoms. The first-order valence-electron chi connectivity index (χ1n) is 8.46. The van der Waals surface area contributed by atoms with Crippen LogP contribution in [0.15, 0.2) is 57.1 Å². The van der Waals surface area contributed by atoms with Crippen molar-refractivity contribution in [3.05, 3.63) is 63.5 Å². The summed E-state index contributed by atoms with van der Waals surface area (Å²) in [5, 5.41) is 11.4. The molecule has 0 radical (unpaired) electrons. The molecule has 1 atom stereocenters. The van der Waals surface area contributed by atoms with Crippen LogP contribution >= 0.6 is 11.8 Å². The summed E-state index contributed by atoms with van der Waals surface area (Å²) in [6.07, 6.45) is 0. The van der Waals surface area contributed by atoms with Crippen molar-refractivity contribution in [3.63, 3.8) is 0 Å². The van der Waals surface area contributed by atoms with Crippen molar-refractivity contribution in [1.29, 1.82) is 0 Å². The van der Waals surface area contributed by atoms with Crippen LogP contribution in [0.1, 0.15) is 25.6 Å². The van der Waals surface area contributed by atoms with Gasteiger partial charge in [0.1, 0.15) is 17.6 Å². The van der Waals surface area contributed by atoms with Crippen molar-refractivity contribution in [1.82, 2.24) is 4.90 Å². The van der Waals surface area contributed by atoms with Gasteiger partial charge in [-0.05, 0) is 38.1 Å². The minimum absolute atomic E-state index is 0.0132. The number of carbonyl (C=O) groups excluding carboxylic acids is 2. The smallest absolute Gasteiger partial charge is 0.269 e. The van der Waals surface area contributed by atoms with Gasteiger partial charge in [0.05, 0.1) is 10.7 Å². The molecule has 142 valence electrons. The van der Waals surface area contributed by atoms with Crippen LogP contribution in [0.3, 0.4) is 0 Å². The quantitative estimate of drug-likeness (QED) is 0.575. The minimum Gasteiger partial charge on any atom is -0.458 e. The van der Waals surface area contributed by atoms with Crippen molar-refractivity contribution in [2.24, 2.45) is 4.99 Å². The Hall–Kier alpha value is -3.20. The van der Waals surface area contributed by atoms with Gasteiger partial charge in [0.15, 0.2) is 11.0 Å². The third kappa shape index (κ3) is 2.93. The van der Waals surface area contributed by atoms with E-state index in [-0.39, 0.29) is 23.1 Å². The molecule has 3 heterocycles. The lowest BCUT2D eigenvalue weighted by atomic mass is 9.96. The van der Waals surface area contributed by atoms with Crippen molar-refractivity contribution in [2.75, 3.05) is 5.75 Å². The Morgan fingerprint density at radius 3 is 2.64 bits per heavy atom. The lowest BCUT2D eigenvalue weighted by Gasteiger charge is -2.31. The molecular weight excluding hydrogens is 382 g/mol. The summed E-state index contributed by atoms with van der Waals surface area (Å²) in [7, 11) is 0. The fourth-order valence-corrected chi connectivity index (χ4v) is 4.30. The van der Waals surface area contributed by atoms with Gasteiger partial charge >= 0.3 is 0 Å². The van der Waals surface area contributed by atoms with E-state index in [0.29, 0.717) is 33.5 Å². The number of nitro groups is 1. The Labute approximate surface area is 164 Å². The van der Waals surface area contributed by atoms with Gasteiger partial charge in [-0.2, -0.15) is 0 Å². The van der Waals surface area contributed by atoms with Crippen LogP contribution in [0, 0.1) is 10.1 Å². The summed E-state index contributed by atoms with van der Waals surface area (Å²) >= 11 is 1.33. The van der Waals surface area contributed by atoms with Gasteiger partial charge in [0.2, 0.25) is 5.91 Å². The highest BCUT2D eigenvalue weighted by molar-refractivity contribution is 8.15. The number of non-ortho nitro benzene ring substituents is 1. The standard InChI is InChI=1S/C19H15N3O5S/c1-10-17(11(2)23)18(21-16(24)9-28-19(21)20-10)15-8-7-14(27-15)12-3-5-13(6-4-12)22(25)26/h3-8,18H,9H2,1-2H3/t18-/m1/s1. The molecule has 0 saturated carbocycles. The highest BCUT2D eigenvalue weighted by Crippen LogP contribution is 2.42. The number of hydrogen-bond acceptors (Lipinski definition) is 7. The first-order valence-corrected chi connectivity index (χ1v) is 9.45. The van der Waals surface area contributed by atoms with E-state index in [1.807, 2.05) is 0 Å². The van der Waals surface area contributed by atoms with E-state index in [1.165, 1.54) is 35.7 Å². The molecule has 2 aromatic rings. The molecule has 4 rings (SSSR count). The SMILES string of the molecule is CC(=O)C1=C(C)N=C2SCC(=O)N2[C@@H]1c1ccc(-c2ccc([N+](=O)[O-])cc2)o1. The lowest BCUT2D eigenvalue weighted by molar-refractivity contribution is -0.384. The van der Waals surface area contributed by atoms with Crippen LogP contribution in [0.5, 0.6) is 0 Å². The van der Waals surface area contributed by atoms with Crippen molar-refractivity contribution in [2.45, 2.75) is 19.9 Å². The van der Waals surface area contributed by atoms with Crippen LogP contribution in [0.25, 0.3) is 11.3 Å². The second-order valence-corrected chi connectivity index (χ2v) is 7.35. The molecule has 1 aromatic carbocycles. The number of aliphatic imine (C=N–C) groups is 1. The van der Waals surface area contributed by atoms with Gasteiger partial charge in [-0.15, -0.1) is 0 Å². The van der Waals surface area contributed by atoms with Crippen molar-refractivity contribution in [3.8, 4) is 11.3 Å². The number of rotatable bonds is 4. The van der Waals surface area contributed by atoms with Gasteiger partial charge in [0.25, 0.3) is 5.69 Å². The second-order valence-electron chi connectivity index (χ2n) is 6.41. The van der Waals surface area contributed by atoms with E-state index >= 15 is 0 Å². The van der Waals surface area contributed by atoms with Crippen LogP contribution < -0.4 is 0 Å². The highest BCUT2D eigenvalue weighted by Gasteiger charge is 2.43. The van der Waals surface area contributed by atoms with Crippen LogP contribution in [0.2, 0.25) is 0 Å². The van der Waals surface area contributed by atoms with Crippen molar-refractivity contribution < 1.29 is 18.9 Å². The predicted octanol–water partition coefficient (Wildman–Crippen LogP) is 3.70. The van der Waals surface area contributed by atoms with Gasteiger partial charge in [-0.1, -0.05) is 11.8 Å². The van der Waals surface area contributed by atoms with E-state index < -0.39 is 11.0 Å². The van der Waals surface area contributed by atoms with Crippen LogP contribution in [-0.4, -0.2) is 32.4 Å². The first-order chi connectivity index (χ1) is 13.4. The van der Waals surface area contributed by atoms with Crippen LogP contribution in [-0.2, 0) is 9.59 Å². The van der Waals surface area contributed by atoms with Crippen LogP contribution in [0.4, 0.5) is 5.69 Å². The minimum atomic E-state index is -0.667. The van der Waals surface area contributed by atoms with Gasteiger partial charge in [-0.25, -0.2) is 4.99 Å². The number of carbonyl (C=O) groups is 2. The van der Waals surface area contributed by atoms with E-state index in [4.69, 9.17) is 4.42 Å². The average Bonchev–Trinajstić information content (AvgIpc) is 3.28. The zero-order chi connectivity index (χ0) is 20.0. The molecule has 0 unspecified atom stereocenters. The highest BCUT2D eigenvalue weighted by atomic mass is 32.2. The molecule has 9 heteroatoms. The first kappa shape index (κ1) is 18.2. The Morgan fingerprint density at radius 1 is 1.29 bits per heavy atom. The Morgan fingerprint density at radius 2 is 2.00 bits per heavy atom. The Kier molecular flexibility index (Phi) is 4.38. The van der Waals surface area contributed by atoms with Gasteiger partial charge in [0, 0.05) is 29.0 Å². The number of fused-ring (bicyclic) bond motifs is 1. The fraction of sp³-hybridized carbons (Fsp3) is 0.211. The fourth-order valence-electron chi connectivity index (χ4n) is 3.36. The summed E-state index contributed by atoms with van der Waals surface area (Å²) < 4.78 is 5.98. The van der Waals surface area contributed by atoms with Crippen molar-refractivity contribution >= 4 is 34.3 Å². The molecule has 1 aromatic heterocycles. The van der Waals surface area contributed by atoms with Gasteiger partial charge < -0.3 is 4.42 Å². The number of amidine groups is 1. The molecule has 1 fully saturated rings. The monoisotopic (exact) mass is 397 g/mol. The van der Waals surface area contributed by atoms with Gasteiger partial charge in [-0.3, -0.25) is 24.6 Å².